The van der Waals surface area contributed by atoms with E-state index in [-0.39, 0.29) is 22.4 Å². The summed E-state index contributed by atoms with van der Waals surface area (Å²) in [4.78, 5) is 27.4. The molecule has 0 saturated carbocycles. The minimum absolute atomic E-state index is 0.0463. The number of carbonyl (C=O) groups is 2. The summed E-state index contributed by atoms with van der Waals surface area (Å²) in [5, 5.41) is 0. The van der Waals surface area contributed by atoms with Crippen LogP contribution in [0.5, 0.6) is 0 Å². The van der Waals surface area contributed by atoms with Gasteiger partial charge in [-0.1, -0.05) is 50.2 Å². The first kappa shape index (κ1) is 23.9. The highest BCUT2D eigenvalue weighted by Crippen LogP contribution is 2.20. The zero-order valence-electron chi connectivity index (χ0n) is 18.5. The van der Waals surface area contributed by atoms with Gasteiger partial charge in [-0.3, -0.25) is 25.3 Å². The van der Waals surface area contributed by atoms with E-state index in [2.05, 4.69) is 15.8 Å². The maximum atomic E-state index is 12.7. The van der Waals surface area contributed by atoms with Crippen LogP contribution in [-0.4, -0.2) is 55.1 Å². The number of sulfonamides is 1. The Morgan fingerprint density at radius 1 is 1.03 bits per heavy atom. The van der Waals surface area contributed by atoms with Gasteiger partial charge in [0.05, 0.1) is 10.9 Å². The van der Waals surface area contributed by atoms with Crippen LogP contribution in [0.2, 0.25) is 0 Å². The number of amides is 2. The van der Waals surface area contributed by atoms with Crippen LogP contribution in [0.4, 0.5) is 0 Å². The molecule has 0 spiro atoms. The van der Waals surface area contributed by atoms with E-state index < -0.39 is 15.9 Å². The van der Waals surface area contributed by atoms with E-state index in [4.69, 9.17) is 0 Å². The first-order chi connectivity index (χ1) is 15.4. The molecular formula is C23H30N4O4S. The standard InChI is InChI=1S/C23H30N4O4S/c1-3-27(4-2)32(30,31)20-13-8-12-19(16-20)22(28)24-25-23(29)21-14-9-15-26(21)17-18-10-6-5-7-11-18/h5-8,10-13,16,21H,3-4,9,14-15,17H2,1-2H3,(H,24,28)(H,25,29). The van der Waals surface area contributed by atoms with E-state index in [1.165, 1.54) is 28.6 Å². The molecule has 9 heteroatoms. The molecule has 2 amide bonds. The van der Waals surface area contributed by atoms with Crippen LogP contribution >= 0.6 is 0 Å². The second-order valence-corrected chi connectivity index (χ2v) is 9.61. The lowest BCUT2D eigenvalue weighted by Crippen LogP contribution is -2.50. The predicted molar refractivity (Wildman–Crippen MR) is 122 cm³/mol. The van der Waals surface area contributed by atoms with Crippen molar-refractivity contribution in [2.24, 2.45) is 0 Å². The van der Waals surface area contributed by atoms with Crippen LogP contribution in [0.1, 0.15) is 42.6 Å². The average Bonchev–Trinajstić information content (AvgIpc) is 3.27. The summed E-state index contributed by atoms with van der Waals surface area (Å²) >= 11 is 0. The Hall–Kier alpha value is -2.75. The summed E-state index contributed by atoms with van der Waals surface area (Å²) < 4.78 is 26.8. The number of hydrogen-bond acceptors (Lipinski definition) is 5. The molecule has 2 aromatic rings. The van der Waals surface area contributed by atoms with Crippen molar-refractivity contribution in [1.29, 1.82) is 0 Å². The van der Waals surface area contributed by atoms with E-state index in [1.54, 1.807) is 13.8 Å². The molecule has 2 aromatic carbocycles. The summed E-state index contributed by atoms with van der Waals surface area (Å²) in [6.07, 6.45) is 1.62. The number of benzene rings is 2. The van der Waals surface area contributed by atoms with E-state index in [0.29, 0.717) is 26.1 Å². The van der Waals surface area contributed by atoms with Crippen LogP contribution < -0.4 is 10.9 Å². The molecule has 8 nitrogen and oxygen atoms in total. The molecule has 1 unspecified atom stereocenters. The van der Waals surface area contributed by atoms with Gasteiger partial charge in [-0.15, -0.1) is 0 Å². The minimum atomic E-state index is -3.68. The minimum Gasteiger partial charge on any atom is -0.288 e. The van der Waals surface area contributed by atoms with Gasteiger partial charge in [0.15, 0.2) is 0 Å². The van der Waals surface area contributed by atoms with Gasteiger partial charge in [-0.2, -0.15) is 4.31 Å². The molecule has 2 N–H and O–H groups in total. The van der Waals surface area contributed by atoms with Gasteiger partial charge in [0.2, 0.25) is 10.0 Å². The lowest BCUT2D eigenvalue weighted by molar-refractivity contribution is -0.126. The Bertz CT molecular complexity index is 1040. The maximum absolute atomic E-state index is 12.7. The molecule has 3 rings (SSSR count). The van der Waals surface area contributed by atoms with E-state index in [1.807, 2.05) is 30.3 Å². The van der Waals surface area contributed by atoms with Crippen LogP contribution in [-0.2, 0) is 21.4 Å². The quantitative estimate of drug-likeness (QED) is 0.591. The molecule has 1 saturated heterocycles. The molecule has 32 heavy (non-hydrogen) atoms. The number of hydrazine groups is 1. The monoisotopic (exact) mass is 458 g/mol. The van der Waals surface area contributed by atoms with Gasteiger partial charge in [0.1, 0.15) is 0 Å². The molecule has 1 atom stereocenters. The molecule has 0 bridgehead atoms. The number of likely N-dealkylation sites (tertiary alicyclic amines) is 1. The molecule has 172 valence electrons. The third-order valence-corrected chi connectivity index (χ3v) is 7.68. The average molecular weight is 459 g/mol. The topological polar surface area (TPSA) is 98.8 Å². The number of rotatable bonds is 8. The number of carbonyl (C=O) groups excluding carboxylic acids is 2. The van der Waals surface area contributed by atoms with Gasteiger partial charge in [0, 0.05) is 25.2 Å². The summed E-state index contributed by atoms with van der Waals surface area (Å²) in [6, 6.07) is 15.4. The third kappa shape index (κ3) is 5.53. The molecule has 0 aromatic heterocycles. The SMILES string of the molecule is CCN(CC)S(=O)(=O)c1cccc(C(=O)NNC(=O)C2CCCN2Cc2ccccc2)c1. The summed E-state index contributed by atoms with van der Waals surface area (Å²) in [5.74, 6) is -0.846. The predicted octanol–water partition coefficient (Wildman–Crippen LogP) is 2.14. The van der Waals surface area contributed by atoms with Gasteiger partial charge in [-0.05, 0) is 43.1 Å². The highest BCUT2D eigenvalue weighted by molar-refractivity contribution is 7.89. The highest BCUT2D eigenvalue weighted by atomic mass is 32.2. The Morgan fingerprint density at radius 2 is 1.75 bits per heavy atom. The molecule has 0 radical (unpaired) electrons. The second-order valence-electron chi connectivity index (χ2n) is 7.67. The smallest absolute Gasteiger partial charge is 0.269 e. The molecule has 1 heterocycles. The zero-order chi connectivity index (χ0) is 23.1. The van der Waals surface area contributed by atoms with Crippen molar-refractivity contribution >= 4 is 21.8 Å². The van der Waals surface area contributed by atoms with Crippen LogP contribution in [0.25, 0.3) is 0 Å². The Labute approximate surface area is 189 Å². The van der Waals surface area contributed by atoms with E-state index >= 15 is 0 Å². The lowest BCUT2D eigenvalue weighted by atomic mass is 10.1. The Kier molecular flexibility index (Phi) is 8.00. The second kappa shape index (κ2) is 10.7. The normalized spacial score (nSPS) is 16.8. The number of nitrogens with one attached hydrogen (secondary N) is 2. The van der Waals surface area contributed by atoms with Crippen molar-refractivity contribution in [3.63, 3.8) is 0 Å². The molecule has 1 aliphatic heterocycles. The van der Waals surface area contributed by atoms with Gasteiger partial charge in [0.25, 0.3) is 11.8 Å². The third-order valence-electron chi connectivity index (χ3n) is 5.63. The molecular weight excluding hydrogens is 428 g/mol. The van der Waals surface area contributed by atoms with Gasteiger partial charge in [-0.25, -0.2) is 8.42 Å². The summed E-state index contributed by atoms with van der Waals surface area (Å²) in [5.41, 5.74) is 6.21. The Morgan fingerprint density at radius 3 is 2.44 bits per heavy atom. The van der Waals surface area contributed by atoms with Crippen molar-refractivity contribution < 1.29 is 18.0 Å². The Balaban J connectivity index is 1.62. The molecule has 0 aliphatic carbocycles. The fourth-order valence-electron chi connectivity index (χ4n) is 3.91. The van der Waals surface area contributed by atoms with Crippen molar-refractivity contribution in [2.75, 3.05) is 19.6 Å². The summed E-state index contributed by atoms with van der Waals surface area (Å²) in [7, 11) is -3.68. The van der Waals surface area contributed by atoms with Crippen LogP contribution in [0.3, 0.4) is 0 Å². The zero-order valence-corrected chi connectivity index (χ0v) is 19.3. The van der Waals surface area contributed by atoms with Crippen molar-refractivity contribution in [1.82, 2.24) is 20.1 Å². The van der Waals surface area contributed by atoms with Crippen molar-refractivity contribution in [3.05, 3.63) is 65.7 Å². The molecule has 1 aliphatic rings. The van der Waals surface area contributed by atoms with Crippen molar-refractivity contribution in [3.8, 4) is 0 Å². The first-order valence-corrected chi connectivity index (χ1v) is 12.3. The first-order valence-electron chi connectivity index (χ1n) is 10.8. The van der Waals surface area contributed by atoms with Crippen LogP contribution in [0, 0.1) is 0 Å². The maximum Gasteiger partial charge on any atom is 0.269 e. The fraction of sp³-hybridized carbons (Fsp3) is 0.391. The largest absolute Gasteiger partial charge is 0.288 e. The highest BCUT2D eigenvalue weighted by Gasteiger charge is 2.31. The van der Waals surface area contributed by atoms with E-state index in [9.17, 15) is 18.0 Å². The summed E-state index contributed by atoms with van der Waals surface area (Å²) in [6.45, 7) is 5.68. The molecule has 1 fully saturated rings. The van der Waals surface area contributed by atoms with E-state index in [0.717, 1.165) is 18.5 Å². The number of nitrogens with zero attached hydrogens (tertiary/aromatic N) is 2. The van der Waals surface area contributed by atoms with Crippen molar-refractivity contribution in [2.45, 2.75) is 44.2 Å². The van der Waals surface area contributed by atoms with Gasteiger partial charge < -0.3 is 0 Å². The fourth-order valence-corrected chi connectivity index (χ4v) is 5.42. The van der Waals surface area contributed by atoms with Crippen LogP contribution in [0.15, 0.2) is 59.5 Å². The van der Waals surface area contributed by atoms with Gasteiger partial charge >= 0.3 is 0 Å². The number of hydrogen-bond donors (Lipinski definition) is 2. The lowest BCUT2D eigenvalue weighted by Gasteiger charge is -2.23.